The largest absolute Gasteiger partial charge is 0.381 e. The van der Waals surface area contributed by atoms with E-state index in [1.807, 2.05) is 25.7 Å². The molecule has 4 rings (SSSR count). The Hall–Kier alpha value is -1.96. The monoisotopic (exact) mass is 390 g/mol. The molecule has 2 aliphatic heterocycles. The van der Waals surface area contributed by atoms with Crippen molar-refractivity contribution in [1.29, 1.82) is 0 Å². The molecule has 2 amide bonds. The lowest BCUT2D eigenvalue weighted by atomic mass is 9.80. The van der Waals surface area contributed by atoms with Crippen LogP contribution in [-0.2, 0) is 19.7 Å². The van der Waals surface area contributed by atoms with Gasteiger partial charge >= 0.3 is 0 Å². The molecule has 1 N–H and O–H groups in total. The molecule has 3 fully saturated rings. The number of nitrogens with one attached hydrogen (secondary N) is 1. The van der Waals surface area contributed by atoms with Gasteiger partial charge in [0.05, 0.1) is 5.41 Å². The number of amides is 2. The molecule has 8 nitrogen and oxygen atoms in total. The van der Waals surface area contributed by atoms with Gasteiger partial charge in [-0.1, -0.05) is 19.0 Å². The highest BCUT2D eigenvalue weighted by Gasteiger charge is 2.58. The van der Waals surface area contributed by atoms with Crippen LogP contribution >= 0.6 is 0 Å². The highest BCUT2D eigenvalue weighted by atomic mass is 16.5. The molecule has 3 aliphatic rings. The maximum atomic E-state index is 12.7. The van der Waals surface area contributed by atoms with Gasteiger partial charge in [0.1, 0.15) is 0 Å². The quantitative estimate of drug-likeness (QED) is 0.835. The minimum Gasteiger partial charge on any atom is -0.381 e. The Morgan fingerprint density at radius 3 is 2.68 bits per heavy atom. The molecule has 1 aromatic rings. The van der Waals surface area contributed by atoms with Crippen molar-refractivity contribution in [2.45, 2.75) is 57.9 Å². The fraction of sp³-hybridized carbons (Fsp3) is 0.800. The second-order valence-electron chi connectivity index (χ2n) is 8.91. The van der Waals surface area contributed by atoms with Crippen LogP contribution in [0.5, 0.6) is 0 Å². The Morgan fingerprint density at radius 2 is 2.04 bits per heavy atom. The summed E-state index contributed by atoms with van der Waals surface area (Å²) in [5.74, 6) is 1.71. The summed E-state index contributed by atoms with van der Waals surface area (Å²) in [5, 5.41) is 7.25. The molecular weight excluding hydrogens is 360 g/mol. The Labute approximate surface area is 165 Å². The van der Waals surface area contributed by atoms with E-state index >= 15 is 0 Å². The van der Waals surface area contributed by atoms with Gasteiger partial charge in [0.15, 0.2) is 5.82 Å². The molecule has 154 valence electrons. The summed E-state index contributed by atoms with van der Waals surface area (Å²) < 4.78 is 10.9. The maximum absolute atomic E-state index is 12.7. The van der Waals surface area contributed by atoms with Crippen LogP contribution in [0.4, 0.5) is 0 Å². The van der Waals surface area contributed by atoms with Gasteiger partial charge in [-0.05, 0) is 38.5 Å². The molecule has 3 unspecified atom stereocenters. The van der Waals surface area contributed by atoms with Crippen molar-refractivity contribution in [3.63, 3.8) is 0 Å². The molecule has 1 aromatic heterocycles. The fourth-order valence-electron chi connectivity index (χ4n) is 5.12. The van der Waals surface area contributed by atoms with Gasteiger partial charge in [-0.15, -0.1) is 0 Å². The summed E-state index contributed by atoms with van der Waals surface area (Å²) in [7, 11) is 0. The predicted molar refractivity (Wildman–Crippen MR) is 100 cm³/mol. The highest BCUT2D eigenvalue weighted by molar-refractivity contribution is 5.79. The number of ether oxygens (including phenoxy) is 1. The number of aryl methyl sites for hydroxylation is 1. The van der Waals surface area contributed by atoms with Crippen LogP contribution in [0.1, 0.15) is 51.2 Å². The van der Waals surface area contributed by atoms with E-state index in [1.165, 1.54) is 0 Å². The van der Waals surface area contributed by atoms with Gasteiger partial charge in [0.25, 0.3) is 0 Å². The smallest absolute Gasteiger partial charge is 0.235 e. The number of rotatable bonds is 4. The van der Waals surface area contributed by atoms with E-state index in [1.54, 1.807) is 0 Å². The zero-order chi connectivity index (χ0) is 19.9. The topological polar surface area (TPSA) is 97.6 Å². The van der Waals surface area contributed by atoms with Crippen molar-refractivity contribution in [1.82, 2.24) is 20.4 Å². The first-order valence-corrected chi connectivity index (χ1v) is 10.4. The number of carbonyl (C=O) groups excluding carboxylic acids is 2. The van der Waals surface area contributed by atoms with Crippen LogP contribution in [0, 0.1) is 24.7 Å². The summed E-state index contributed by atoms with van der Waals surface area (Å²) >= 11 is 0. The minimum atomic E-state index is -0.362. The lowest BCUT2D eigenvalue weighted by Crippen LogP contribution is -2.42. The van der Waals surface area contributed by atoms with Crippen LogP contribution in [0.15, 0.2) is 4.52 Å². The van der Waals surface area contributed by atoms with E-state index in [2.05, 4.69) is 15.5 Å². The number of carbonyl (C=O) groups is 2. The van der Waals surface area contributed by atoms with E-state index in [-0.39, 0.29) is 41.0 Å². The summed E-state index contributed by atoms with van der Waals surface area (Å²) in [6, 6.07) is 0.0730. The number of nitrogens with zero attached hydrogens (tertiary/aromatic N) is 3. The average Bonchev–Trinajstić information content (AvgIpc) is 3.34. The highest BCUT2D eigenvalue weighted by Crippen LogP contribution is 2.50. The van der Waals surface area contributed by atoms with Gasteiger partial charge in [-0.25, -0.2) is 0 Å². The molecule has 2 saturated heterocycles. The van der Waals surface area contributed by atoms with E-state index in [9.17, 15) is 9.59 Å². The van der Waals surface area contributed by atoms with E-state index < -0.39 is 0 Å². The lowest BCUT2D eigenvalue weighted by Gasteiger charge is -2.27. The van der Waals surface area contributed by atoms with Crippen molar-refractivity contribution in [2.24, 2.45) is 17.8 Å². The fourth-order valence-corrected chi connectivity index (χ4v) is 5.12. The van der Waals surface area contributed by atoms with Crippen molar-refractivity contribution in [3.8, 4) is 0 Å². The molecule has 3 atom stereocenters. The number of hydrogen-bond donors (Lipinski definition) is 1. The maximum Gasteiger partial charge on any atom is 0.235 e. The van der Waals surface area contributed by atoms with Gasteiger partial charge in [0, 0.05) is 44.2 Å². The molecule has 1 aliphatic carbocycles. The standard InChI is InChI=1S/C20H30N4O4/c1-12(2)18(26)24-10-15-8-16(22-17(25)14-4-6-27-7-5-14)9-20(15,11-24)19-21-13(3)23-28-19/h12,14-16H,4-11H2,1-3H3,(H,22,25). The van der Waals surface area contributed by atoms with Crippen molar-refractivity contribution >= 4 is 11.8 Å². The van der Waals surface area contributed by atoms with Crippen LogP contribution in [0.2, 0.25) is 0 Å². The SMILES string of the molecule is Cc1noc(C23CC(NC(=O)C4CCOCC4)CC2CN(C(=O)C(C)C)C3)n1. The normalized spacial score (nSPS) is 30.6. The van der Waals surface area contributed by atoms with Crippen molar-refractivity contribution in [2.75, 3.05) is 26.3 Å². The second-order valence-corrected chi connectivity index (χ2v) is 8.91. The van der Waals surface area contributed by atoms with Crippen molar-refractivity contribution in [3.05, 3.63) is 11.7 Å². The number of fused-ring (bicyclic) bond motifs is 1. The van der Waals surface area contributed by atoms with Gasteiger partial charge < -0.3 is 19.5 Å². The predicted octanol–water partition coefficient (Wildman–Crippen LogP) is 1.44. The lowest BCUT2D eigenvalue weighted by molar-refractivity contribution is -0.134. The van der Waals surface area contributed by atoms with Gasteiger partial charge in [-0.2, -0.15) is 4.98 Å². The van der Waals surface area contributed by atoms with E-state index in [0.29, 0.717) is 38.0 Å². The Balaban J connectivity index is 1.51. The molecule has 28 heavy (non-hydrogen) atoms. The summed E-state index contributed by atoms with van der Waals surface area (Å²) in [6.07, 6.45) is 3.13. The van der Waals surface area contributed by atoms with Gasteiger partial charge in [-0.3, -0.25) is 9.59 Å². The third kappa shape index (κ3) is 3.43. The number of aromatic nitrogens is 2. The Kier molecular flexibility index (Phi) is 5.16. The number of likely N-dealkylation sites (tertiary alicyclic amines) is 1. The third-order valence-electron chi connectivity index (χ3n) is 6.57. The average molecular weight is 390 g/mol. The summed E-state index contributed by atoms with van der Waals surface area (Å²) in [6.45, 7) is 8.24. The molecular formula is C20H30N4O4. The van der Waals surface area contributed by atoms with Gasteiger partial charge in [0.2, 0.25) is 17.7 Å². The van der Waals surface area contributed by atoms with E-state index in [4.69, 9.17) is 9.26 Å². The van der Waals surface area contributed by atoms with Crippen molar-refractivity contribution < 1.29 is 18.8 Å². The van der Waals surface area contributed by atoms with Crippen LogP contribution in [-0.4, -0.2) is 59.2 Å². The summed E-state index contributed by atoms with van der Waals surface area (Å²) in [4.78, 5) is 31.8. The molecule has 0 bridgehead atoms. The number of hydrogen-bond acceptors (Lipinski definition) is 6. The molecule has 0 radical (unpaired) electrons. The second kappa shape index (κ2) is 7.46. The van der Waals surface area contributed by atoms with Crippen LogP contribution in [0.3, 0.4) is 0 Å². The Bertz CT molecular complexity index is 742. The first-order valence-electron chi connectivity index (χ1n) is 10.4. The third-order valence-corrected chi connectivity index (χ3v) is 6.57. The zero-order valence-electron chi connectivity index (χ0n) is 16.9. The first kappa shape index (κ1) is 19.4. The zero-order valence-corrected chi connectivity index (χ0v) is 16.9. The van der Waals surface area contributed by atoms with E-state index in [0.717, 1.165) is 25.7 Å². The molecule has 1 saturated carbocycles. The van der Waals surface area contributed by atoms with Crippen LogP contribution < -0.4 is 5.32 Å². The molecule has 0 spiro atoms. The van der Waals surface area contributed by atoms with Crippen LogP contribution in [0.25, 0.3) is 0 Å². The first-order chi connectivity index (χ1) is 13.4. The summed E-state index contributed by atoms with van der Waals surface area (Å²) in [5.41, 5.74) is -0.362. The Morgan fingerprint density at radius 1 is 1.29 bits per heavy atom. The minimum absolute atomic E-state index is 0.0369. The molecule has 0 aromatic carbocycles. The molecule has 3 heterocycles. The molecule has 8 heteroatoms.